The number of anilines is 2. The Bertz CT molecular complexity index is 606. The van der Waals surface area contributed by atoms with Gasteiger partial charge in [-0.25, -0.2) is 4.98 Å². The summed E-state index contributed by atoms with van der Waals surface area (Å²) in [5.74, 6) is 0.698. The van der Waals surface area contributed by atoms with Crippen LogP contribution < -0.4 is 5.32 Å². The van der Waals surface area contributed by atoms with Crippen LogP contribution in [0, 0.1) is 0 Å². The number of rotatable bonds is 4. The van der Waals surface area contributed by atoms with Gasteiger partial charge in [0.25, 0.3) is 0 Å². The smallest absolute Gasteiger partial charge is 0.152 e. The molecule has 1 heterocycles. The van der Waals surface area contributed by atoms with Crippen LogP contribution in [0.3, 0.4) is 0 Å². The molecule has 0 fully saturated rings. The van der Waals surface area contributed by atoms with E-state index in [0.29, 0.717) is 10.8 Å². The van der Waals surface area contributed by atoms with Gasteiger partial charge in [0.05, 0.1) is 0 Å². The number of ketones is 1. The molecule has 0 spiro atoms. The predicted molar refractivity (Wildman–Crippen MR) is 78.7 cm³/mol. The minimum absolute atomic E-state index is 0.00120. The van der Waals surface area contributed by atoms with E-state index in [2.05, 4.69) is 10.3 Å². The van der Waals surface area contributed by atoms with Crippen molar-refractivity contribution in [3.63, 3.8) is 0 Å². The van der Waals surface area contributed by atoms with Crippen LogP contribution in [0.1, 0.15) is 12.5 Å². The molecule has 0 aliphatic heterocycles. The van der Waals surface area contributed by atoms with Gasteiger partial charge in [-0.3, -0.25) is 4.79 Å². The molecule has 2 aromatic rings. The zero-order valence-electron chi connectivity index (χ0n) is 10.4. The van der Waals surface area contributed by atoms with Gasteiger partial charge in [0.15, 0.2) is 5.78 Å². The second-order valence-electron chi connectivity index (χ2n) is 4.02. The average molecular weight is 273 g/mol. The van der Waals surface area contributed by atoms with Crippen molar-refractivity contribution in [1.82, 2.24) is 4.98 Å². The molecule has 0 amide bonds. The topological polar surface area (TPSA) is 42.0 Å². The standard InChI is InChI=1S/C15H13ClN2O/c1-11(19)4-5-12-3-2-10-17-15(12)18-14-8-6-13(16)7-9-14/h2-10H,1H3,(H,17,18)/b5-4+. The lowest BCUT2D eigenvalue weighted by Gasteiger charge is -2.08. The first-order valence-corrected chi connectivity index (χ1v) is 6.19. The number of aromatic nitrogens is 1. The number of nitrogens with one attached hydrogen (secondary N) is 1. The maximum Gasteiger partial charge on any atom is 0.152 e. The molecular formula is C15H13ClN2O. The summed E-state index contributed by atoms with van der Waals surface area (Å²) in [6.45, 7) is 1.51. The van der Waals surface area contributed by atoms with Gasteiger partial charge in [-0.1, -0.05) is 11.6 Å². The first-order chi connectivity index (χ1) is 9.15. The van der Waals surface area contributed by atoms with Crippen molar-refractivity contribution in [1.29, 1.82) is 0 Å². The summed E-state index contributed by atoms with van der Waals surface area (Å²) in [5.41, 5.74) is 1.74. The van der Waals surface area contributed by atoms with Crippen LogP contribution in [0.5, 0.6) is 0 Å². The molecule has 4 heteroatoms. The van der Waals surface area contributed by atoms with Gasteiger partial charge < -0.3 is 5.32 Å². The summed E-state index contributed by atoms with van der Waals surface area (Å²) >= 11 is 5.84. The zero-order valence-corrected chi connectivity index (χ0v) is 11.2. The molecule has 96 valence electrons. The van der Waals surface area contributed by atoms with Gasteiger partial charge in [0.1, 0.15) is 5.82 Å². The number of hydrogen-bond donors (Lipinski definition) is 1. The van der Waals surface area contributed by atoms with E-state index in [0.717, 1.165) is 11.3 Å². The van der Waals surface area contributed by atoms with Gasteiger partial charge >= 0.3 is 0 Å². The summed E-state index contributed by atoms with van der Waals surface area (Å²) in [6, 6.07) is 11.1. The van der Waals surface area contributed by atoms with Crippen LogP contribution >= 0.6 is 11.6 Å². The van der Waals surface area contributed by atoms with Crippen LogP contribution in [0.15, 0.2) is 48.7 Å². The first kappa shape index (κ1) is 13.3. The normalized spacial score (nSPS) is 10.6. The van der Waals surface area contributed by atoms with Crippen LogP contribution in [-0.2, 0) is 4.79 Å². The van der Waals surface area contributed by atoms with E-state index in [4.69, 9.17) is 11.6 Å². The lowest BCUT2D eigenvalue weighted by molar-refractivity contribution is -0.112. The number of hydrogen-bond acceptors (Lipinski definition) is 3. The third-order valence-electron chi connectivity index (χ3n) is 2.44. The van der Waals surface area contributed by atoms with Crippen molar-refractivity contribution in [2.75, 3.05) is 5.32 Å². The molecule has 19 heavy (non-hydrogen) atoms. The van der Waals surface area contributed by atoms with Gasteiger partial charge in [-0.15, -0.1) is 0 Å². The summed E-state index contributed by atoms with van der Waals surface area (Å²) in [7, 11) is 0. The Hall–Kier alpha value is -2.13. The highest BCUT2D eigenvalue weighted by Gasteiger charge is 2.01. The van der Waals surface area contributed by atoms with Gasteiger partial charge in [0.2, 0.25) is 0 Å². The third-order valence-corrected chi connectivity index (χ3v) is 2.70. The van der Waals surface area contributed by atoms with Crippen molar-refractivity contribution in [3.05, 3.63) is 59.3 Å². The lowest BCUT2D eigenvalue weighted by atomic mass is 10.2. The van der Waals surface area contributed by atoms with Crippen LogP contribution in [-0.4, -0.2) is 10.8 Å². The minimum Gasteiger partial charge on any atom is -0.340 e. The number of allylic oxidation sites excluding steroid dienone is 1. The van der Waals surface area contributed by atoms with Crippen molar-refractivity contribution >= 4 is 35.0 Å². The molecule has 0 saturated carbocycles. The van der Waals surface area contributed by atoms with Crippen molar-refractivity contribution in [3.8, 4) is 0 Å². The molecule has 0 saturated heterocycles. The molecule has 0 atom stereocenters. The number of carbonyl (C=O) groups excluding carboxylic acids is 1. The van der Waals surface area contributed by atoms with Crippen LogP contribution in [0.4, 0.5) is 11.5 Å². The van der Waals surface area contributed by atoms with Crippen molar-refractivity contribution in [2.45, 2.75) is 6.92 Å². The van der Waals surface area contributed by atoms with Gasteiger partial charge in [-0.05, 0) is 55.5 Å². The summed E-state index contributed by atoms with van der Waals surface area (Å²) in [4.78, 5) is 15.2. The van der Waals surface area contributed by atoms with Crippen molar-refractivity contribution < 1.29 is 4.79 Å². The number of benzene rings is 1. The molecule has 1 N–H and O–H groups in total. The Morgan fingerprint density at radius 2 is 2.00 bits per heavy atom. The van der Waals surface area contributed by atoms with Gasteiger partial charge in [-0.2, -0.15) is 0 Å². The minimum atomic E-state index is 0.00120. The van der Waals surface area contributed by atoms with E-state index in [1.807, 2.05) is 24.3 Å². The summed E-state index contributed by atoms with van der Waals surface area (Å²) in [6.07, 6.45) is 4.96. The highest BCUT2D eigenvalue weighted by atomic mass is 35.5. The molecule has 2 rings (SSSR count). The monoisotopic (exact) mass is 272 g/mol. The number of pyridine rings is 1. The fraction of sp³-hybridized carbons (Fsp3) is 0.0667. The highest BCUT2D eigenvalue weighted by Crippen LogP contribution is 2.21. The molecule has 0 bridgehead atoms. The third kappa shape index (κ3) is 3.93. The molecule has 0 aliphatic carbocycles. The SMILES string of the molecule is CC(=O)/C=C/c1cccnc1Nc1ccc(Cl)cc1. The zero-order chi connectivity index (χ0) is 13.7. The molecule has 0 radical (unpaired) electrons. The maximum atomic E-state index is 11.0. The lowest BCUT2D eigenvalue weighted by Crippen LogP contribution is -1.96. The summed E-state index contributed by atoms with van der Waals surface area (Å²) < 4.78 is 0. The number of nitrogens with zero attached hydrogens (tertiary/aromatic N) is 1. The Balaban J connectivity index is 2.24. The quantitative estimate of drug-likeness (QED) is 0.853. The average Bonchev–Trinajstić information content (AvgIpc) is 2.40. The molecule has 1 aromatic carbocycles. The second-order valence-corrected chi connectivity index (χ2v) is 4.45. The Labute approximate surface area is 116 Å². The molecule has 0 unspecified atom stereocenters. The predicted octanol–water partition coefficient (Wildman–Crippen LogP) is 4.08. The highest BCUT2D eigenvalue weighted by molar-refractivity contribution is 6.30. The largest absolute Gasteiger partial charge is 0.340 e. The maximum absolute atomic E-state index is 11.0. The number of halogens is 1. The molecular weight excluding hydrogens is 260 g/mol. The Morgan fingerprint density at radius 3 is 2.68 bits per heavy atom. The molecule has 0 aliphatic rings. The Kier molecular flexibility index (Phi) is 4.31. The van der Waals surface area contributed by atoms with E-state index in [1.165, 1.54) is 13.0 Å². The van der Waals surface area contributed by atoms with E-state index in [-0.39, 0.29) is 5.78 Å². The first-order valence-electron chi connectivity index (χ1n) is 5.81. The Morgan fingerprint density at radius 1 is 1.26 bits per heavy atom. The second kappa shape index (κ2) is 6.16. The number of carbonyl (C=O) groups is 1. The van der Waals surface area contributed by atoms with E-state index in [9.17, 15) is 4.79 Å². The van der Waals surface area contributed by atoms with Crippen LogP contribution in [0.2, 0.25) is 5.02 Å². The fourth-order valence-electron chi connectivity index (χ4n) is 1.53. The molecule has 3 nitrogen and oxygen atoms in total. The van der Waals surface area contributed by atoms with Gasteiger partial charge in [0, 0.05) is 22.5 Å². The van der Waals surface area contributed by atoms with E-state index in [1.54, 1.807) is 24.4 Å². The van der Waals surface area contributed by atoms with Crippen LogP contribution in [0.25, 0.3) is 6.08 Å². The van der Waals surface area contributed by atoms with Crippen molar-refractivity contribution in [2.24, 2.45) is 0 Å². The molecule has 1 aromatic heterocycles. The fourth-order valence-corrected chi connectivity index (χ4v) is 1.66. The van der Waals surface area contributed by atoms with E-state index < -0.39 is 0 Å². The van der Waals surface area contributed by atoms with E-state index >= 15 is 0 Å². The summed E-state index contributed by atoms with van der Waals surface area (Å²) in [5, 5.41) is 3.87.